The van der Waals surface area contributed by atoms with Crippen molar-refractivity contribution in [3.63, 3.8) is 0 Å². The predicted molar refractivity (Wildman–Crippen MR) is 188 cm³/mol. The molecule has 2 saturated carbocycles. The molecule has 2 unspecified atom stereocenters. The summed E-state index contributed by atoms with van der Waals surface area (Å²) in [4.78, 5) is 59.4. The third-order valence-corrected chi connectivity index (χ3v) is 11.7. The van der Waals surface area contributed by atoms with Gasteiger partial charge in [-0.15, -0.1) is 0 Å². The average Bonchev–Trinajstić information content (AvgIpc) is 3.53. The maximum Gasteiger partial charge on any atom is 0.410 e. The van der Waals surface area contributed by atoms with Crippen LogP contribution in [0.15, 0.2) is 41.3 Å². The van der Waals surface area contributed by atoms with Gasteiger partial charge in [-0.1, -0.05) is 57.2 Å². The molecule has 2 aliphatic carbocycles. The Morgan fingerprint density at radius 1 is 0.940 bits per heavy atom. The molecule has 6 rings (SSSR count). The zero-order valence-corrected chi connectivity index (χ0v) is 30.1. The number of rotatable bonds is 7. The zero-order chi connectivity index (χ0) is 35.8. The largest absolute Gasteiger partial charge is 0.444 e. The second-order valence-electron chi connectivity index (χ2n) is 16.3. The van der Waals surface area contributed by atoms with E-state index in [4.69, 9.17) is 4.74 Å². The number of pyridine rings is 1. The molecule has 10 nitrogen and oxygen atoms in total. The van der Waals surface area contributed by atoms with Crippen LogP contribution < -0.4 is 5.56 Å². The van der Waals surface area contributed by atoms with E-state index in [0.717, 1.165) is 32.1 Å². The van der Waals surface area contributed by atoms with E-state index in [1.54, 1.807) is 48.8 Å². The van der Waals surface area contributed by atoms with Crippen LogP contribution >= 0.6 is 0 Å². The molecular weight excluding hydrogens is 639 g/mol. The van der Waals surface area contributed by atoms with Crippen molar-refractivity contribution in [1.29, 1.82) is 0 Å². The Hall–Kier alpha value is -3.73. The highest BCUT2D eigenvalue weighted by Gasteiger charge is 2.56. The molecule has 2 aliphatic heterocycles. The number of benzene rings is 1. The molecular formula is C39H53FN4O6. The Labute approximate surface area is 294 Å². The summed E-state index contributed by atoms with van der Waals surface area (Å²) in [6.45, 7) is 9.27. The summed E-state index contributed by atoms with van der Waals surface area (Å²) in [5.41, 5.74) is -2.45. The topological polar surface area (TPSA) is 112 Å². The van der Waals surface area contributed by atoms with Crippen LogP contribution in [0.5, 0.6) is 0 Å². The minimum Gasteiger partial charge on any atom is -0.444 e. The number of amides is 3. The third-order valence-electron chi connectivity index (χ3n) is 11.7. The molecule has 1 spiro atoms. The van der Waals surface area contributed by atoms with Crippen LogP contribution in [0.3, 0.4) is 0 Å². The first kappa shape index (κ1) is 36.1. The van der Waals surface area contributed by atoms with Crippen LogP contribution in [0, 0.1) is 23.1 Å². The van der Waals surface area contributed by atoms with E-state index in [9.17, 15) is 24.3 Å². The van der Waals surface area contributed by atoms with E-state index in [0.29, 0.717) is 25.4 Å². The summed E-state index contributed by atoms with van der Waals surface area (Å²) in [6, 6.07) is 7.36. The summed E-state index contributed by atoms with van der Waals surface area (Å²) in [6.07, 6.45) is 9.26. The summed E-state index contributed by atoms with van der Waals surface area (Å²) in [5.74, 6) is -0.222. The number of aliphatic hydroxyl groups is 1. The fourth-order valence-corrected chi connectivity index (χ4v) is 8.57. The predicted octanol–water partition coefficient (Wildman–Crippen LogP) is 5.70. The number of piperazine rings is 1. The summed E-state index contributed by atoms with van der Waals surface area (Å²) in [7, 11) is 0. The second kappa shape index (κ2) is 14.1. The standard InChI is InChI=1S/C39H53FN4O6/c1-27(22-28-10-9-11-28)34(46)43-17-16-39(49,38(25-43)14-7-8-15-38)26-44-24-31(30(23-33(44)45)29-12-5-6-13-32(29)40)35(47)41-18-20-42(21-19-41)36(48)50-37(2,3)4/h5-6,12-13,23-24,27-28,49H,7-11,14-22,25-26H2,1-4H3. The first-order valence-electron chi connectivity index (χ1n) is 18.5. The van der Waals surface area contributed by atoms with Gasteiger partial charge in [-0.25, -0.2) is 9.18 Å². The lowest BCUT2D eigenvalue weighted by Gasteiger charge is -2.53. The van der Waals surface area contributed by atoms with Crippen molar-refractivity contribution in [3.05, 3.63) is 58.3 Å². The van der Waals surface area contributed by atoms with Gasteiger partial charge in [0.15, 0.2) is 0 Å². The van der Waals surface area contributed by atoms with E-state index in [2.05, 4.69) is 0 Å². The number of hydrogen-bond donors (Lipinski definition) is 1. The molecule has 3 amide bonds. The molecule has 0 bridgehead atoms. The maximum absolute atomic E-state index is 15.2. The molecule has 2 atom stereocenters. The molecule has 272 valence electrons. The third kappa shape index (κ3) is 7.34. The molecule has 0 radical (unpaired) electrons. The lowest BCUT2D eigenvalue weighted by Crippen LogP contribution is -2.62. The van der Waals surface area contributed by atoms with Gasteiger partial charge in [0.25, 0.3) is 11.5 Å². The first-order chi connectivity index (χ1) is 23.7. The number of ether oxygens (including phenoxy) is 1. The van der Waals surface area contributed by atoms with Crippen LogP contribution in [0.2, 0.25) is 0 Å². The molecule has 2 saturated heterocycles. The monoisotopic (exact) mass is 692 g/mol. The van der Waals surface area contributed by atoms with Crippen molar-refractivity contribution in [2.45, 2.75) is 103 Å². The summed E-state index contributed by atoms with van der Waals surface area (Å²) in [5, 5.41) is 12.5. The highest BCUT2D eigenvalue weighted by molar-refractivity contribution is 6.00. The lowest BCUT2D eigenvalue weighted by atomic mass is 9.65. The lowest BCUT2D eigenvalue weighted by molar-refractivity contribution is -0.163. The van der Waals surface area contributed by atoms with Crippen LogP contribution in [-0.2, 0) is 16.1 Å². The van der Waals surface area contributed by atoms with Crippen molar-refractivity contribution in [2.24, 2.45) is 17.3 Å². The van der Waals surface area contributed by atoms with Gasteiger partial charge in [0.05, 0.1) is 17.7 Å². The molecule has 50 heavy (non-hydrogen) atoms. The van der Waals surface area contributed by atoms with Gasteiger partial charge in [-0.05, 0) is 58.4 Å². The molecule has 3 heterocycles. The van der Waals surface area contributed by atoms with Crippen molar-refractivity contribution < 1.29 is 28.6 Å². The molecule has 1 aromatic heterocycles. The van der Waals surface area contributed by atoms with E-state index in [1.165, 1.54) is 42.2 Å². The second-order valence-corrected chi connectivity index (χ2v) is 16.3. The number of carbonyl (C=O) groups is 3. The minimum atomic E-state index is -1.28. The zero-order valence-electron chi connectivity index (χ0n) is 30.1. The van der Waals surface area contributed by atoms with Gasteiger partial charge in [-0.2, -0.15) is 0 Å². The number of hydrogen-bond acceptors (Lipinski definition) is 6. The van der Waals surface area contributed by atoms with Gasteiger partial charge < -0.3 is 29.1 Å². The van der Waals surface area contributed by atoms with Crippen LogP contribution in [0.25, 0.3) is 11.1 Å². The van der Waals surface area contributed by atoms with Crippen molar-refractivity contribution in [1.82, 2.24) is 19.3 Å². The number of aromatic nitrogens is 1. The fourth-order valence-electron chi connectivity index (χ4n) is 8.57. The van der Waals surface area contributed by atoms with E-state index < -0.39 is 34.1 Å². The Morgan fingerprint density at radius 3 is 2.22 bits per heavy atom. The van der Waals surface area contributed by atoms with Crippen molar-refractivity contribution in [3.8, 4) is 11.1 Å². The maximum atomic E-state index is 15.2. The Kier molecular flexibility index (Phi) is 10.2. The smallest absolute Gasteiger partial charge is 0.410 e. The molecule has 2 aromatic rings. The highest BCUT2D eigenvalue weighted by Crippen LogP contribution is 2.52. The summed E-state index contributed by atoms with van der Waals surface area (Å²) < 4.78 is 22.1. The summed E-state index contributed by atoms with van der Waals surface area (Å²) >= 11 is 0. The van der Waals surface area contributed by atoms with E-state index >= 15 is 4.39 Å². The fraction of sp³-hybridized carbons (Fsp3) is 0.641. The number of halogens is 1. The van der Waals surface area contributed by atoms with Gasteiger partial charge in [0.1, 0.15) is 11.4 Å². The van der Waals surface area contributed by atoms with Crippen LogP contribution in [-0.4, -0.2) is 92.8 Å². The van der Waals surface area contributed by atoms with Crippen molar-refractivity contribution in [2.75, 3.05) is 39.3 Å². The van der Waals surface area contributed by atoms with E-state index in [1.807, 2.05) is 11.8 Å². The van der Waals surface area contributed by atoms with Crippen molar-refractivity contribution >= 4 is 17.9 Å². The number of nitrogens with zero attached hydrogens (tertiary/aromatic N) is 4. The number of piperidine rings is 1. The Bertz CT molecular complexity index is 1650. The molecule has 1 N–H and O–H groups in total. The Morgan fingerprint density at radius 2 is 1.60 bits per heavy atom. The molecule has 1 aromatic carbocycles. The van der Waals surface area contributed by atoms with Gasteiger partial charge in [0.2, 0.25) is 5.91 Å². The number of carbonyl (C=O) groups excluding carboxylic acids is 3. The van der Waals surface area contributed by atoms with Gasteiger partial charge >= 0.3 is 6.09 Å². The average molecular weight is 693 g/mol. The van der Waals surface area contributed by atoms with Crippen LogP contribution in [0.1, 0.15) is 95.8 Å². The van der Waals surface area contributed by atoms with Gasteiger partial charge in [-0.3, -0.25) is 14.4 Å². The highest BCUT2D eigenvalue weighted by atomic mass is 19.1. The molecule has 4 aliphatic rings. The molecule has 11 heteroatoms. The minimum absolute atomic E-state index is 0.0320. The quantitative estimate of drug-likeness (QED) is 0.399. The normalized spacial score (nSPS) is 23.1. The van der Waals surface area contributed by atoms with Gasteiger partial charge in [0, 0.05) is 74.0 Å². The molecule has 4 fully saturated rings. The SMILES string of the molecule is CC(CC1CCC1)C(=O)N1CCC(O)(Cn2cc(C(=O)N3CCN(C(=O)OC(C)(C)C)CC3)c(-c3ccccc3F)cc2=O)C2(CCCC2)C1. The van der Waals surface area contributed by atoms with E-state index in [-0.39, 0.29) is 67.1 Å². The van der Waals surface area contributed by atoms with Crippen LogP contribution in [0.4, 0.5) is 9.18 Å². The first-order valence-corrected chi connectivity index (χ1v) is 18.5. The Balaban J connectivity index is 1.27. The number of likely N-dealkylation sites (tertiary alicyclic amines) is 1.